The number of nitrogens with one attached hydrogen (secondary N) is 1. The largest absolute Gasteiger partial charge is 0.336 e. The van der Waals surface area contributed by atoms with E-state index in [1.165, 1.54) is 35.2 Å². The van der Waals surface area contributed by atoms with Crippen molar-refractivity contribution in [1.82, 2.24) is 5.16 Å². The number of sulfonamides is 1. The van der Waals surface area contributed by atoms with Crippen molar-refractivity contribution in [3.8, 4) is 11.1 Å². The molecular formula is C18H17BrN2O4S2. The Bertz CT molecular complexity index is 1120. The van der Waals surface area contributed by atoms with E-state index in [1.807, 2.05) is 0 Å². The number of halogens is 1. The summed E-state index contributed by atoms with van der Waals surface area (Å²) in [4.78, 5) is 11.5. The van der Waals surface area contributed by atoms with Crippen molar-refractivity contribution >= 4 is 49.0 Å². The van der Waals surface area contributed by atoms with Crippen LogP contribution in [0.5, 0.6) is 0 Å². The lowest BCUT2D eigenvalue weighted by atomic mass is 9.82. The van der Waals surface area contributed by atoms with Gasteiger partial charge in [-0.3, -0.25) is 4.79 Å². The summed E-state index contributed by atoms with van der Waals surface area (Å²) < 4.78 is 31.9. The number of carbonyl (C=O) groups is 1. The molecule has 0 radical (unpaired) electrons. The second-order valence-corrected chi connectivity index (χ2v) is 9.53. The molecule has 2 heterocycles. The highest BCUT2D eigenvalue weighted by molar-refractivity contribution is 9.10. The molecule has 0 bridgehead atoms. The average molecular weight is 469 g/mol. The van der Waals surface area contributed by atoms with Crippen LogP contribution in [0.2, 0.25) is 0 Å². The van der Waals surface area contributed by atoms with Crippen LogP contribution in [-0.2, 0) is 10.0 Å². The van der Waals surface area contributed by atoms with Crippen molar-refractivity contribution in [3.63, 3.8) is 0 Å². The lowest BCUT2D eigenvalue weighted by Gasteiger charge is -2.22. The third-order valence-corrected chi connectivity index (χ3v) is 7.53. The maximum atomic E-state index is 12.2. The molecule has 2 aromatic heterocycles. The van der Waals surface area contributed by atoms with Gasteiger partial charge in [-0.2, -0.15) is 0 Å². The van der Waals surface area contributed by atoms with E-state index in [2.05, 4.69) is 51.8 Å². The molecule has 0 spiro atoms. The molecule has 6 nitrogen and oxygen atoms in total. The van der Waals surface area contributed by atoms with Crippen LogP contribution >= 0.6 is 27.3 Å². The number of aryl methyl sites for hydroxylation is 3. The van der Waals surface area contributed by atoms with Crippen LogP contribution in [0.25, 0.3) is 11.1 Å². The first kappa shape index (κ1) is 19.8. The lowest BCUT2D eigenvalue weighted by Crippen LogP contribution is -2.14. The highest BCUT2D eigenvalue weighted by atomic mass is 79.9. The van der Waals surface area contributed by atoms with Crippen molar-refractivity contribution in [3.05, 3.63) is 49.7 Å². The van der Waals surface area contributed by atoms with Crippen molar-refractivity contribution < 1.29 is 17.7 Å². The summed E-state index contributed by atoms with van der Waals surface area (Å²) in [6.07, 6.45) is 0. The SMILES string of the molecule is CC(=O)c1sccc1S(=O)(=O)Nc1onc(C)c1Br.Cc1cc2cc(C)c1-2. The van der Waals surface area contributed by atoms with Crippen LogP contribution in [0.15, 0.2) is 37.5 Å². The second kappa shape index (κ2) is 7.21. The summed E-state index contributed by atoms with van der Waals surface area (Å²) in [5.74, 6) is -0.318. The molecule has 2 aliphatic rings. The summed E-state index contributed by atoms with van der Waals surface area (Å²) in [6, 6.07) is 5.82. The summed E-state index contributed by atoms with van der Waals surface area (Å²) in [6.45, 7) is 7.31. The molecule has 2 aliphatic carbocycles. The first-order valence-electron chi connectivity index (χ1n) is 7.96. The van der Waals surface area contributed by atoms with Crippen LogP contribution in [0.1, 0.15) is 33.4 Å². The Labute approximate surface area is 169 Å². The summed E-state index contributed by atoms with van der Waals surface area (Å²) in [5.41, 5.74) is 6.42. The highest BCUT2D eigenvalue weighted by Gasteiger charge is 2.25. The fraction of sp³-hybridized carbons (Fsp3) is 0.222. The van der Waals surface area contributed by atoms with Gasteiger partial charge in [0.25, 0.3) is 15.9 Å². The van der Waals surface area contributed by atoms with Crippen LogP contribution in [0.4, 0.5) is 5.88 Å². The molecule has 0 unspecified atom stereocenters. The molecule has 9 heteroatoms. The van der Waals surface area contributed by atoms with E-state index in [4.69, 9.17) is 4.52 Å². The van der Waals surface area contributed by atoms with E-state index in [-0.39, 0.29) is 21.4 Å². The number of hydrogen-bond donors (Lipinski definition) is 1. The van der Waals surface area contributed by atoms with Crippen LogP contribution in [0, 0.1) is 20.8 Å². The van der Waals surface area contributed by atoms with Crippen LogP contribution in [0.3, 0.4) is 0 Å². The van der Waals surface area contributed by atoms with Crippen LogP contribution < -0.4 is 4.72 Å². The van der Waals surface area contributed by atoms with Crippen molar-refractivity contribution in [2.75, 3.05) is 4.72 Å². The Balaban J connectivity index is 0.000000216. The molecule has 0 atom stereocenters. The third kappa shape index (κ3) is 3.71. The number of aromatic nitrogens is 1. The Hall–Kier alpha value is -1.97. The standard InChI is InChI=1S/C10H9BrN2O4S2.C8H8/c1-5-8(11)10(17-12-5)13-19(15,16)7-3-4-18-9(7)6(2)14;1-5-3-7-4-6(2)8(5)7/h3-4,13H,1-2H3;3-4H,1-2H3. The van der Waals surface area contributed by atoms with Crippen molar-refractivity contribution in [2.24, 2.45) is 0 Å². The molecule has 1 N–H and O–H groups in total. The number of thiophene rings is 1. The molecule has 0 saturated heterocycles. The van der Waals surface area contributed by atoms with Crippen molar-refractivity contribution in [1.29, 1.82) is 0 Å². The third-order valence-electron chi connectivity index (χ3n) is 4.08. The predicted molar refractivity (Wildman–Crippen MR) is 109 cm³/mol. The van der Waals surface area contributed by atoms with Gasteiger partial charge in [0.2, 0.25) is 0 Å². The molecule has 2 aromatic rings. The first-order chi connectivity index (χ1) is 12.6. The smallest absolute Gasteiger partial charge is 0.265 e. The number of fused-ring (bicyclic) bond motifs is 1. The molecule has 0 saturated carbocycles. The number of Topliss-reactive ketones (excluding diaryl/α,β-unsaturated/α-hetero) is 1. The zero-order chi connectivity index (χ0) is 19.9. The van der Waals surface area contributed by atoms with Gasteiger partial charge < -0.3 is 4.52 Å². The fourth-order valence-corrected chi connectivity index (χ4v) is 5.53. The molecule has 142 valence electrons. The maximum Gasteiger partial charge on any atom is 0.265 e. The van der Waals surface area contributed by atoms with Gasteiger partial charge in [-0.1, -0.05) is 17.3 Å². The highest BCUT2D eigenvalue weighted by Crippen LogP contribution is 2.39. The summed E-state index contributed by atoms with van der Waals surface area (Å²) in [7, 11) is -3.88. The minimum atomic E-state index is -3.88. The van der Waals surface area contributed by atoms with E-state index in [9.17, 15) is 13.2 Å². The zero-order valence-electron chi connectivity index (χ0n) is 15.1. The average Bonchev–Trinajstić information content (AvgIpc) is 3.17. The number of ketones is 1. The monoisotopic (exact) mass is 468 g/mol. The summed E-state index contributed by atoms with van der Waals surface area (Å²) >= 11 is 4.24. The predicted octanol–water partition coefficient (Wildman–Crippen LogP) is 5.09. The Morgan fingerprint density at radius 3 is 2.26 bits per heavy atom. The Morgan fingerprint density at radius 1 is 1.22 bits per heavy atom. The number of hydrogen-bond acceptors (Lipinski definition) is 6. The minimum Gasteiger partial charge on any atom is -0.336 e. The van der Waals surface area contributed by atoms with E-state index in [0.29, 0.717) is 10.2 Å². The fourth-order valence-electron chi connectivity index (χ4n) is 2.77. The molecule has 0 fully saturated rings. The molecule has 0 aromatic carbocycles. The molecular weight excluding hydrogens is 452 g/mol. The van der Waals surface area contributed by atoms with E-state index in [1.54, 1.807) is 12.3 Å². The van der Waals surface area contributed by atoms with Gasteiger partial charge in [-0.05, 0) is 77.3 Å². The Kier molecular flexibility index (Phi) is 5.29. The Morgan fingerprint density at radius 2 is 1.85 bits per heavy atom. The van der Waals surface area contributed by atoms with Crippen molar-refractivity contribution in [2.45, 2.75) is 32.6 Å². The van der Waals surface area contributed by atoms with Gasteiger partial charge >= 0.3 is 0 Å². The number of anilines is 1. The number of rotatable bonds is 4. The normalized spacial score (nSPS) is 11.6. The van der Waals surface area contributed by atoms with Gasteiger partial charge in [-0.25, -0.2) is 13.1 Å². The summed E-state index contributed by atoms with van der Waals surface area (Å²) in [5, 5.41) is 5.17. The van der Waals surface area contributed by atoms with Gasteiger partial charge in [0, 0.05) is 0 Å². The lowest BCUT2D eigenvalue weighted by molar-refractivity contribution is 0.101. The number of benzene rings is 1. The molecule has 4 rings (SSSR count). The second-order valence-electron chi connectivity index (χ2n) is 6.17. The maximum absolute atomic E-state index is 12.2. The number of nitrogens with zero attached hydrogens (tertiary/aromatic N) is 1. The van der Waals surface area contributed by atoms with Gasteiger partial charge in [0.05, 0.1) is 10.6 Å². The van der Waals surface area contributed by atoms with Gasteiger partial charge in [-0.15, -0.1) is 11.3 Å². The van der Waals surface area contributed by atoms with E-state index < -0.39 is 10.0 Å². The van der Waals surface area contributed by atoms with E-state index in [0.717, 1.165) is 11.3 Å². The topological polar surface area (TPSA) is 89.3 Å². The molecule has 0 aliphatic heterocycles. The van der Waals surface area contributed by atoms with Gasteiger partial charge in [0.1, 0.15) is 9.37 Å². The molecule has 0 amide bonds. The zero-order valence-corrected chi connectivity index (χ0v) is 18.3. The van der Waals surface area contributed by atoms with E-state index >= 15 is 0 Å². The number of carbonyl (C=O) groups excluding carboxylic acids is 1. The minimum absolute atomic E-state index is 0.0156. The van der Waals surface area contributed by atoms with Crippen LogP contribution in [-0.4, -0.2) is 19.4 Å². The quantitative estimate of drug-likeness (QED) is 0.421. The molecule has 27 heavy (non-hydrogen) atoms. The van der Waals surface area contributed by atoms with Gasteiger partial charge in [0.15, 0.2) is 5.78 Å². The first-order valence-corrected chi connectivity index (χ1v) is 11.1.